The molecule has 1 amide bonds. The lowest BCUT2D eigenvalue weighted by atomic mass is 9.65. The van der Waals surface area contributed by atoms with Crippen LogP contribution in [-0.2, 0) is 4.79 Å². The van der Waals surface area contributed by atoms with Gasteiger partial charge < -0.3 is 20.7 Å². The van der Waals surface area contributed by atoms with Crippen LogP contribution in [0.2, 0.25) is 0 Å². The maximum atomic E-state index is 12.8. The molecule has 1 heterocycles. The first-order valence-corrected chi connectivity index (χ1v) is 10.1. The van der Waals surface area contributed by atoms with E-state index in [1.54, 1.807) is 7.11 Å². The van der Waals surface area contributed by atoms with Crippen LogP contribution in [-0.4, -0.2) is 38.2 Å². The van der Waals surface area contributed by atoms with Crippen molar-refractivity contribution >= 4 is 11.6 Å². The number of carbonyl (C=O) groups is 1. The van der Waals surface area contributed by atoms with Crippen LogP contribution in [0.25, 0.3) is 0 Å². The zero-order valence-corrected chi connectivity index (χ0v) is 15.7. The van der Waals surface area contributed by atoms with Gasteiger partial charge in [-0.2, -0.15) is 0 Å². The number of ether oxygens (including phenoxy) is 1. The quantitative estimate of drug-likeness (QED) is 0.869. The average molecular weight is 357 g/mol. The van der Waals surface area contributed by atoms with Crippen molar-refractivity contribution in [1.29, 1.82) is 0 Å². The summed E-state index contributed by atoms with van der Waals surface area (Å²) in [5, 5.41) is 3.33. The number of carbonyl (C=O) groups excluding carboxylic acids is 1. The van der Waals surface area contributed by atoms with Gasteiger partial charge in [0.05, 0.1) is 7.11 Å². The fraction of sp³-hybridized carbons (Fsp3) is 0.667. The van der Waals surface area contributed by atoms with Gasteiger partial charge in [0.15, 0.2) is 0 Å². The lowest BCUT2D eigenvalue weighted by Crippen LogP contribution is -2.50. The number of nitrogens with two attached hydrogens (primary N) is 1. The molecule has 142 valence electrons. The Balaban J connectivity index is 1.33. The number of nitrogens with zero attached hydrogens (tertiary/aromatic N) is 1. The maximum Gasteiger partial charge on any atom is 0.223 e. The van der Waals surface area contributed by atoms with Crippen molar-refractivity contribution in [3.63, 3.8) is 0 Å². The molecule has 0 spiro atoms. The number of fused-ring (bicyclic) bond motifs is 2. The molecule has 3 atom stereocenters. The van der Waals surface area contributed by atoms with Crippen LogP contribution in [0.1, 0.15) is 38.5 Å². The summed E-state index contributed by atoms with van der Waals surface area (Å²) >= 11 is 0. The molecule has 0 radical (unpaired) electrons. The number of nitrogens with one attached hydrogen (secondary N) is 1. The van der Waals surface area contributed by atoms with E-state index in [0.717, 1.165) is 38.1 Å². The van der Waals surface area contributed by atoms with Gasteiger partial charge in [0, 0.05) is 42.8 Å². The number of hydrogen-bond donors (Lipinski definition) is 2. The van der Waals surface area contributed by atoms with E-state index in [1.165, 1.54) is 24.9 Å². The van der Waals surface area contributed by atoms with Gasteiger partial charge in [-0.25, -0.2) is 0 Å². The summed E-state index contributed by atoms with van der Waals surface area (Å²) in [6.45, 7) is 1.84. The van der Waals surface area contributed by atoms with Crippen LogP contribution in [0.5, 0.6) is 5.75 Å². The van der Waals surface area contributed by atoms with E-state index in [-0.39, 0.29) is 17.9 Å². The Morgan fingerprint density at radius 3 is 2.73 bits per heavy atom. The average Bonchev–Trinajstić information content (AvgIpc) is 3.10. The first-order chi connectivity index (χ1) is 12.6. The first kappa shape index (κ1) is 17.7. The SMILES string of the molecule is COc1cccc(N2CCC(NC(=O)C3CC4CCCC(C3)C4N)C2)c1. The van der Waals surface area contributed by atoms with Crippen molar-refractivity contribution in [1.82, 2.24) is 5.32 Å². The monoisotopic (exact) mass is 357 g/mol. The number of anilines is 1. The normalized spacial score (nSPS) is 33.8. The number of benzene rings is 1. The third-order valence-electron chi connectivity index (χ3n) is 6.74. The minimum absolute atomic E-state index is 0.163. The summed E-state index contributed by atoms with van der Waals surface area (Å²) in [6, 6.07) is 8.71. The Kier molecular flexibility index (Phi) is 5.07. The molecule has 1 saturated heterocycles. The molecule has 1 aromatic rings. The van der Waals surface area contributed by atoms with Crippen LogP contribution < -0.4 is 20.7 Å². The van der Waals surface area contributed by atoms with E-state index in [4.69, 9.17) is 10.5 Å². The zero-order chi connectivity index (χ0) is 18.1. The van der Waals surface area contributed by atoms with E-state index >= 15 is 0 Å². The predicted molar refractivity (Wildman–Crippen MR) is 103 cm³/mol. The lowest BCUT2D eigenvalue weighted by Gasteiger charge is -2.43. The number of hydrogen-bond acceptors (Lipinski definition) is 4. The lowest BCUT2D eigenvalue weighted by molar-refractivity contribution is -0.128. The van der Waals surface area contributed by atoms with Gasteiger partial charge in [-0.15, -0.1) is 0 Å². The van der Waals surface area contributed by atoms with Crippen molar-refractivity contribution in [2.24, 2.45) is 23.5 Å². The van der Waals surface area contributed by atoms with Crippen molar-refractivity contribution in [3.8, 4) is 5.75 Å². The van der Waals surface area contributed by atoms with Gasteiger partial charge in [0.1, 0.15) is 5.75 Å². The van der Waals surface area contributed by atoms with Crippen LogP contribution in [0, 0.1) is 17.8 Å². The fourth-order valence-electron chi connectivity index (χ4n) is 5.24. The second-order valence-electron chi connectivity index (χ2n) is 8.34. The minimum Gasteiger partial charge on any atom is -0.497 e. The van der Waals surface area contributed by atoms with E-state index in [2.05, 4.69) is 22.3 Å². The summed E-state index contributed by atoms with van der Waals surface area (Å²) < 4.78 is 5.32. The van der Waals surface area contributed by atoms with Gasteiger partial charge in [-0.05, 0) is 56.1 Å². The highest BCUT2D eigenvalue weighted by Crippen LogP contribution is 2.42. The molecule has 1 aromatic carbocycles. The molecule has 2 aliphatic carbocycles. The minimum atomic E-state index is 0.163. The largest absolute Gasteiger partial charge is 0.497 e. The molecule has 4 rings (SSSR count). The van der Waals surface area contributed by atoms with E-state index in [0.29, 0.717) is 17.9 Å². The molecule has 5 heteroatoms. The summed E-state index contributed by atoms with van der Waals surface area (Å²) in [7, 11) is 1.69. The molecule has 1 aliphatic heterocycles. The topological polar surface area (TPSA) is 67.6 Å². The highest BCUT2D eigenvalue weighted by atomic mass is 16.5. The summed E-state index contributed by atoms with van der Waals surface area (Å²) in [4.78, 5) is 15.2. The second-order valence-corrected chi connectivity index (χ2v) is 8.34. The van der Waals surface area contributed by atoms with Crippen LogP contribution in [0.3, 0.4) is 0 Å². The van der Waals surface area contributed by atoms with Crippen LogP contribution >= 0.6 is 0 Å². The number of amides is 1. The molecule has 26 heavy (non-hydrogen) atoms. The Labute approximate surface area is 156 Å². The molecule has 3 unspecified atom stereocenters. The van der Waals surface area contributed by atoms with Gasteiger partial charge >= 0.3 is 0 Å². The van der Waals surface area contributed by atoms with Crippen LogP contribution in [0.4, 0.5) is 5.69 Å². The molecular weight excluding hydrogens is 326 g/mol. The molecule has 5 nitrogen and oxygen atoms in total. The van der Waals surface area contributed by atoms with Crippen molar-refractivity contribution in [2.45, 2.75) is 50.6 Å². The second kappa shape index (κ2) is 7.47. The number of methoxy groups -OCH3 is 1. The molecule has 0 aromatic heterocycles. The van der Waals surface area contributed by atoms with Crippen molar-refractivity contribution < 1.29 is 9.53 Å². The molecule has 3 aliphatic rings. The third kappa shape index (κ3) is 3.54. The van der Waals surface area contributed by atoms with Crippen molar-refractivity contribution in [3.05, 3.63) is 24.3 Å². The van der Waals surface area contributed by atoms with Crippen molar-refractivity contribution in [2.75, 3.05) is 25.1 Å². The Morgan fingerprint density at radius 2 is 2.00 bits per heavy atom. The molecule has 2 saturated carbocycles. The predicted octanol–water partition coefficient (Wildman–Crippen LogP) is 2.54. The first-order valence-electron chi connectivity index (χ1n) is 10.1. The highest BCUT2D eigenvalue weighted by Gasteiger charge is 2.41. The molecule has 3 N–H and O–H groups in total. The summed E-state index contributed by atoms with van der Waals surface area (Å²) in [5.41, 5.74) is 7.53. The van der Waals surface area contributed by atoms with E-state index < -0.39 is 0 Å². The smallest absolute Gasteiger partial charge is 0.223 e. The van der Waals surface area contributed by atoms with E-state index in [9.17, 15) is 4.79 Å². The Bertz CT molecular complexity index is 636. The fourth-order valence-corrected chi connectivity index (χ4v) is 5.24. The standard InChI is InChI=1S/C21H31N3O2/c1-26-19-7-3-6-18(12-19)24-9-8-17(13-24)23-21(25)16-10-14-4-2-5-15(11-16)20(14)22/h3,6-7,12,14-17,20H,2,4-5,8-11,13,22H2,1H3,(H,23,25). The molecule has 2 bridgehead atoms. The van der Waals surface area contributed by atoms with Gasteiger partial charge in [-0.3, -0.25) is 4.79 Å². The van der Waals surface area contributed by atoms with Gasteiger partial charge in [0.2, 0.25) is 5.91 Å². The molecule has 3 fully saturated rings. The number of rotatable bonds is 4. The Morgan fingerprint density at radius 1 is 1.23 bits per heavy atom. The highest BCUT2D eigenvalue weighted by molar-refractivity contribution is 5.79. The zero-order valence-electron chi connectivity index (χ0n) is 15.7. The molecular formula is C21H31N3O2. The summed E-state index contributed by atoms with van der Waals surface area (Å²) in [6.07, 6.45) is 6.66. The van der Waals surface area contributed by atoms with E-state index in [1.807, 2.05) is 12.1 Å². The Hall–Kier alpha value is -1.75. The summed E-state index contributed by atoms with van der Waals surface area (Å²) in [5.74, 6) is 2.40. The van der Waals surface area contributed by atoms with Crippen LogP contribution in [0.15, 0.2) is 24.3 Å². The van der Waals surface area contributed by atoms with Gasteiger partial charge in [-0.1, -0.05) is 12.5 Å². The maximum absolute atomic E-state index is 12.8. The van der Waals surface area contributed by atoms with Gasteiger partial charge in [0.25, 0.3) is 0 Å². The third-order valence-corrected chi connectivity index (χ3v) is 6.74.